The summed E-state index contributed by atoms with van der Waals surface area (Å²) in [5, 5.41) is 20.7. The normalized spacial score (nSPS) is 18.7. The fourth-order valence-electron chi connectivity index (χ4n) is 2.60. The molecule has 0 bridgehead atoms. The SMILES string of the molecule is Cn1cc2c(c1C(=O)Nc1cc(F)nc(C#N)c1)C=CC(CO)NS2=N. The summed E-state index contributed by atoms with van der Waals surface area (Å²) in [5.74, 6) is -1.38. The zero-order valence-electron chi connectivity index (χ0n) is 13.7. The fourth-order valence-corrected chi connectivity index (χ4v) is 3.84. The smallest absolute Gasteiger partial charge is 0.272 e. The first kappa shape index (κ1) is 17.9. The van der Waals surface area contributed by atoms with E-state index in [-0.39, 0.29) is 29.7 Å². The zero-order valence-corrected chi connectivity index (χ0v) is 14.5. The van der Waals surface area contributed by atoms with Crippen LogP contribution in [0.15, 0.2) is 29.3 Å². The van der Waals surface area contributed by atoms with Crippen molar-refractivity contribution in [3.8, 4) is 6.07 Å². The fraction of sp³-hybridized carbons (Fsp3) is 0.188. The van der Waals surface area contributed by atoms with Gasteiger partial charge in [0.2, 0.25) is 5.95 Å². The lowest BCUT2D eigenvalue weighted by atomic mass is 10.1. The van der Waals surface area contributed by atoms with E-state index in [1.807, 2.05) is 0 Å². The molecule has 0 aromatic carbocycles. The van der Waals surface area contributed by atoms with E-state index in [1.54, 1.807) is 36.0 Å². The van der Waals surface area contributed by atoms with Crippen molar-refractivity contribution in [3.63, 3.8) is 0 Å². The number of nitrogens with one attached hydrogen (secondary N) is 3. The van der Waals surface area contributed by atoms with Crippen molar-refractivity contribution in [3.05, 3.63) is 47.3 Å². The zero-order chi connectivity index (χ0) is 18.8. The van der Waals surface area contributed by atoms with Crippen molar-refractivity contribution < 1.29 is 14.3 Å². The van der Waals surface area contributed by atoms with Gasteiger partial charge in [0.25, 0.3) is 5.91 Å². The summed E-state index contributed by atoms with van der Waals surface area (Å²) in [6.07, 6.45) is 5.05. The van der Waals surface area contributed by atoms with Crippen LogP contribution in [0.1, 0.15) is 21.7 Å². The van der Waals surface area contributed by atoms with Gasteiger partial charge in [0, 0.05) is 30.6 Å². The molecule has 0 saturated carbocycles. The van der Waals surface area contributed by atoms with Crippen LogP contribution in [0.4, 0.5) is 10.1 Å². The second kappa shape index (κ2) is 7.17. The number of hydrogen-bond donors (Lipinski definition) is 4. The number of carbonyl (C=O) groups is 1. The first-order valence-electron chi connectivity index (χ1n) is 7.52. The van der Waals surface area contributed by atoms with Gasteiger partial charge >= 0.3 is 0 Å². The summed E-state index contributed by atoms with van der Waals surface area (Å²) in [6, 6.07) is 3.65. The molecule has 3 heterocycles. The summed E-state index contributed by atoms with van der Waals surface area (Å²) < 4.78 is 26.2. The van der Waals surface area contributed by atoms with Gasteiger partial charge in [-0.3, -0.25) is 9.57 Å². The van der Waals surface area contributed by atoms with Crippen molar-refractivity contribution in [2.75, 3.05) is 11.9 Å². The maximum atomic E-state index is 13.5. The van der Waals surface area contributed by atoms with Gasteiger partial charge < -0.3 is 15.0 Å². The first-order valence-corrected chi connectivity index (χ1v) is 8.74. The molecular weight excluding hydrogens is 359 g/mol. The summed E-state index contributed by atoms with van der Waals surface area (Å²) in [6.45, 7) is -0.163. The van der Waals surface area contributed by atoms with E-state index in [0.29, 0.717) is 10.5 Å². The van der Waals surface area contributed by atoms with Crippen LogP contribution in [-0.4, -0.2) is 33.2 Å². The van der Waals surface area contributed by atoms with Crippen LogP contribution < -0.4 is 10.0 Å². The third-order valence-corrected chi connectivity index (χ3v) is 5.05. The minimum absolute atomic E-state index is 0.114. The highest BCUT2D eigenvalue weighted by Gasteiger charge is 2.24. The maximum Gasteiger partial charge on any atom is 0.272 e. The molecule has 8 nitrogen and oxygen atoms in total. The van der Waals surface area contributed by atoms with Crippen LogP contribution in [0.25, 0.3) is 6.08 Å². The molecule has 4 N–H and O–H groups in total. The van der Waals surface area contributed by atoms with Crippen molar-refractivity contribution in [2.45, 2.75) is 10.9 Å². The van der Waals surface area contributed by atoms with Crippen LogP contribution in [0.5, 0.6) is 0 Å². The second-order valence-corrected chi connectivity index (χ2v) is 6.86. The molecule has 3 rings (SSSR count). The average molecular weight is 374 g/mol. The number of nitriles is 1. The molecule has 2 atom stereocenters. The number of rotatable bonds is 3. The van der Waals surface area contributed by atoms with Crippen LogP contribution in [0.3, 0.4) is 0 Å². The summed E-state index contributed by atoms with van der Waals surface area (Å²) in [7, 11) is 0.562. The largest absolute Gasteiger partial charge is 0.394 e. The Hall–Kier alpha value is -2.87. The van der Waals surface area contributed by atoms with E-state index >= 15 is 0 Å². The van der Waals surface area contributed by atoms with Gasteiger partial charge in [0.1, 0.15) is 17.5 Å². The number of anilines is 1. The van der Waals surface area contributed by atoms with Gasteiger partial charge in [-0.1, -0.05) is 12.2 Å². The standard InChI is InChI=1S/C16H15FN6O2S/c1-23-7-13-12(3-2-9(8-24)22-26(13)19)15(23)16(25)21-10-4-11(6-18)20-14(17)5-10/h2-5,7,9,24H,8H2,1H3,(H2,19,22)(H,20,21,25). The van der Waals surface area contributed by atoms with Gasteiger partial charge in [-0.2, -0.15) is 9.65 Å². The van der Waals surface area contributed by atoms with Crippen molar-refractivity contribution in [2.24, 2.45) is 7.05 Å². The first-order chi connectivity index (χ1) is 12.4. The van der Waals surface area contributed by atoms with Crippen LogP contribution in [0, 0.1) is 22.1 Å². The Labute approximate surface area is 151 Å². The molecule has 1 aliphatic rings. The van der Waals surface area contributed by atoms with Crippen LogP contribution in [-0.2, 0) is 17.9 Å². The highest BCUT2D eigenvalue weighted by Crippen LogP contribution is 2.25. The Morgan fingerprint density at radius 2 is 2.38 bits per heavy atom. The molecule has 0 saturated heterocycles. The highest BCUT2D eigenvalue weighted by molar-refractivity contribution is 7.84. The highest BCUT2D eigenvalue weighted by atomic mass is 32.2. The Morgan fingerprint density at radius 3 is 3.08 bits per heavy atom. The molecule has 0 spiro atoms. The molecule has 2 unspecified atom stereocenters. The molecule has 0 aliphatic carbocycles. The number of aromatic nitrogens is 2. The lowest BCUT2D eigenvalue weighted by molar-refractivity contribution is 0.101. The van der Waals surface area contributed by atoms with Gasteiger partial charge in [-0.25, -0.2) is 9.71 Å². The summed E-state index contributed by atoms with van der Waals surface area (Å²) in [4.78, 5) is 16.7. The molecule has 1 aliphatic heterocycles. The Morgan fingerprint density at radius 1 is 1.62 bits per heavy atom. The summed E-state index contributed by atoms with van der Waals surface area (Å²) >= 11 is 0. The van der Waals surface area contributed by atoms with Crippen molar-refractivity contribution >= 4 is 28.5 Å². The Kier molecular flexibility index (Phi) is 4.94. The molecule has 134 valence electrons. The molecule has 10 heteroatoms. The number of aryl methyl sites for hydroxylation is 1. The van der Waals surface area contributed by atoms with E-state index < -0.39 is 22.7 Å². The predicted octanol–water partition coefficient (Wildman–Crippen LogP) is 1.32. The predicted molar refractivity (Wildman–Crippen MR) is 93.7 cm³/mol. The van der Waals surface area contributed by atoms with E-state index in [4.69, 9.17) is 10.0 Å². The number of amides is 1. The lowest BCUT2D eigenvalue weighted by Gasteiger charge is -2.10. The Bertz CT molecular complexity index is 978. The van der Waals surface area contributed by atoms with E-state index in [2.05, 4.69) is 15.0 Å². The third-order valence-electron chi connectivity index (χ3n) is 3.75. The number of nitrogens with zero attached hydrogens (tertiary/aromatic N) is 3. The third kappa shape index (κ3) is 3.41. The van der Waals surface area contributed by atoms with Gasteiger partial charge in [-0.15, -0.1) is 0 Å². The maximum absolute atomic E-state index is 13.5. The van der Waals surface area contributed by atoms with E-state index in [0.717, 1.165) is 6.07 Å². The molecule has 0 radical (unpaired) electrons. The number of halogens is 1. The number of carbonyl (C=O) groups excluding carboxylic acids is 1. The monoisotopic (exact) mass is 374 g/mol. The number of pyridine rings is 1. The number of fused-ring (bicyclic) bond motifs is 1. The molecule has 2 aromatic rings. The number of aliphatic hydroxyl groups excluding tert-OH is 1. The minimum Gasteiger partial charge on any atom is -0.394 e. The quantitative estimate of drug-likeness (QED) is 0.603. The number of hydrogen-bond acceptors (Lipinski definition) is 5. The Balaban J connectivity index is 1.98. The van der Waals surface area contributed by atoms with Gasteiger partial charge in [0.15, 0.2) is 0 Å². The topological polar surface area (TPSA) is 127 Å². The molecule has 26 heavy (non-hydrogen) atoms. The number of aliphatic hydroxyl groups is 1. The summed E-state index contributed by atoms with van der Waals surface area (Å²) in [5.41, 5.74) is 0.815. The van der Waals surface area contributed by atoms with Crippen LogP contribution in [0.2, 0.25) is 0 Å². The van der Waals surface area contributed by atoms with Crippen molar-refractivity contribution in [1.82, 2.24) is 14.3 Å². The molecular formula is C16H15FN6O2S. The van der Waals surface area contributed by atoms with E-state index in [1.165, 1.54) is 6.07 Å². The van der Waals surface area contributed by atoms with E-state index in [9.17, 15) is 14.3 Å². The molecule has 1 amide bonds. The van der Waals surface area contributed by atoms with Gasteiger partial charge in [0.05, 0.1) is 17.5 Å². The van der Waals surface area contributed by atoms with Crippen molar-refractivity contribution in [1.29, 1.82) is 10.0 Å². The average Bonchev–Trinajstić information content (AvgIpc) is 2.86. The van der Waals surface area contributed by atoms with Crippen LogP contribution >= 0.6 is 0 Å². The second-order valence-electron chi connectivity index (χ2n) is 5.57. The minimum atomic E-state index is -1.11. The molecule has 0 fully saturated rings. The van der Waals surface area contributed by atoms with Gasteiger partial charge in [-0.05, 0) is 16.9 Å². The lowest BCUT2D eigenvalue weighted by Crippen LogP contribution is -2.30. The molecule has 2 aromatic heterocycles.